The molecule has 0 amide bonds. The number of aromatic amines is 1. The molecule has 0 fully saturated rings. The monoisotopic (exact) mass is 367 g/mol. The van der Waals surface area contributed by atoms with E-state index >= 15 is 0 Å². The number of hydrogen-bond acceptors (Lipinski definition) is 5. The summed E-state index contributed by atoms with van der Waals surface area (Å²) in [7, 11) is 1.85. The number of fused-ring (bicyclic) bond motifs is 1. The van der Waals surface area contributed by atoms with Crippen LogP contribution in [0.25, 0.3) is 22.6 Å². The number of aldehydes is 1. The summed E-state index contributed by atoms with van der Waals surface area (Å²) in [6, 6.07) is 6.75. The largest absolute Gasteiger partial charge is 0.453 e. The first-order valence-electron chi connectivity index (χ1n) is 7.83. The van der Waals surface area contributed by atoms with E-state index in [0.717, 1.165) is 17.5 Å². The molecule has 4 rings (SSSR count). The molecule has 4 aromatic rings. The van der Waals surface area contributed by atoms with Crippen molar-refractivity contribution in [3.63, 3.8) is 0 Å². The molecule has 3 heterocycles. The Kier molecular flexibility index (Phi) is 3.93. The lowest BCUT2D eigenvalue weighted by Gasteiger charge is -2.08. The van der Waals surface area contributed by atoms with Crippen LogP contribution in [0.5, 0.6) is 11.5 Å². The molecular formula is C18H14ClN5O2. The molecule has 1 N–H and O–H groups in total. The van der Waals surface area contributed by atoms with Gasteiger partial charge >= 0.3 is 0 Å². The van der Waals surface area contributed by atoms with E-state index in [-0.39, 0.29) is 0 Å². The Labute approximate surface area is 153 Å². The standard InChI is InChI=1S/C18H14ClN5O2/c1-10-13(8-24(2)23-10)17-21-15-16(14(19)7-20-18(15)22-17)26-12-5-3-11(9-25)4-6-12/h3-9H,1-2H3,(H,20,21,22). The van der Waals surface area contributed by atoms with Crippen LogP contribution in [-0.4, -0.2) is 31.0 Å². The van der Waals surface area contributed by atoms with Crippen molar-refractivity contribution in [3.05, 3.63) is 52.9 Å². The first-order valence-corrected chi connectivity index (χ1v) is 8.21. The molecule has 0 aliphatic rings. The number of rotatable bonds is 4. The van der Waals surface area contributed by atoms with Crippen LogP contribution in [0.4, 0.5) is 0 Å². The Balaban J connectivity index is 1.79. The van der Waals surface area contributed by atoms with Gasteiger partial charge in [-0.3, -0.25) is 9.48 Å². The predicted molar refractivity (Wildman–Crippen MR) is 97.7 cm³/mol. The summed E-state index contributed by atoms with van der Waals surface area (Å²) in [5.74, 6) is 1.62. The number of hydrogen-bond donors (Lipinski definition) is 1. The number of halogens is 1. The molecule has 1 aromatic carbocycles. The zero-order valence-corrected chi connectivity index (χ0v) is 14.8. The molecule has 0 spiro atoms. The van der Waals surface area contributed by atoms with Crippen LogP contribution >= 0.6 is 11.6 Å². The van der Waals surface area contributed by atoms with Crippen molar-refractivity contribution in [2.24, 2.45) is 7.05 Å². The van der Waals surface area contributed by atoms with Gasteiger partial charge in [-0.2, -0.15) is 5.10 Å². The minimum absolute atomic E-state index is 0.357. The van der Waals surface area contributed by atoms with Gasteiger partial charge in [-0.1, -0.05) is 11.6 Å². The van der Waals surface area contributed by atoms with Crippen LogP contribution in [0.15, 0.2) is 36.7 Å². The molecule has 7 nitrogen and oxygen atoms in total. The summed E-state index contributed by atoms with van der Waals surface area (Å²) in [6.07, 6.45) is 4.16. The fraction of sp³-hybridized carbons (Fsp3) is 0.111. The van der Waals surface area contributed by atoms with Crippen molar-refractivity contribution in [2.45, 2.75) is 6.92 Å². The van der Waals surface area contributed by atoms with Crippen LogP contribution in [0.1, 0.15) is 16.1 Å². The number of H-pyrrole nitrogens is 1. The highest BCUT2D eigenvalue weighted by molar-refractivity contribution is 6.32. The molecular weight excluding hydrogens is 354 g/mol. The normalized spacial score (nSPS) is 11.0. The first-order chi connectivity index (χ1) is 12.5. The van der Waals surface area contributed by atoms with Crippen molar-refractivity contribution in [2.75, 3.05) is 0 Å². The van der Waals surface area contributed by atoms with Gasteiger partial charge in [0.2, 0.25) is 0 Å². The number of aromatic nitrogens is 5. The highest BCUT2D eigenvalue weighted by atomic mass is 35.5. The molecule has 0 saturated carbocycles. The molecule has 0 bridgehead atoms. The quantitative estimate of drug-likeness (QED) is 0.552. The van der Waals surface area contributed by atoms with Crippen molar-refractivity contribution in [1.29, 1.82) is 0 Å². The van der Waals surface area contributed by atoms with Gasteiger partial charge in [0.15, 0.2) is 11.4 Å². The molecule has 0 unspecified atom stereocenters. The van der Waals surface area contributed by atoms with E-state index in [1.54, 1.807) is 28.9 Å². The maximum Gasteiger partial charge on any atom is 0.182 e. The number of nitrogens with one attached hydrogen (secondary N) is 1. The van der Waals surface area contributed by atoms with Gasteiger partial charge < -0.3 is 9.72 Å². The van der Waals surface area contributed by atoms with Gasteiger partial charge in [0.1, 0.15) is 28.4 Å². The van der Waals surface area contributed by atoms with Crippen LogP contribution in [-0.2, 0) is 7.05 Å². The SMILES string of the molecule is Cc1nn(C)cc1-c1nc2ncc(Cl)c(Oc3ccc(C=O)cc3)c2[nH]1. The average Bonchev–Trinajstić information content (AvgIpc) is 3.20. The Bertz CT molecular complexity index is 1110. The average molecular weight is 368 g/mol. The number of carbonyl (C=O) groups is 1. The number of benzene rings is 1. The maximum atomic E-state index is 10.8. The number of ether oxygens (including phenoxy) is 1. The number of nitrogens with zero attached hydrogens (tertiary/aromatic N) is 4. The lowest BCUT2D eigenvalue weighted by Crippen LogP contribution is -1.89. The van der Waals surface area contributed by atoms with Crippen LogP contribution in [0.3, 0.4) is 0 Å². The second kappa shape index (κ2) is 6.27. The van der Waals surface area contributed by atoms with Gasteiger partial charge in [0.25, 0.3) is 0 Å². The number of carbonyl (C=O) groups excluding carboxylic acids is 1. The number of imidazole rings is 1. The van der Waals surface area contributed by atoms with E-state index < -0.39 is 0 Å². The van der Waals surface area contributed by atoms with Gasteiger partial charge in [-0.25, -0.2) is 9.97 Å². The van der Waals surface area contributed by atoms with Crippen molar-refractivity contribution in [1.82, 2.24) is 24.7 Å². The molecule has 8 heteroatoms. The minimum atomic E-state index is 0.357. The summed E-state index contributed by atoms with van der Waals surface area (Å²) in [5, 5.41) is 4.69. The van der Waals surface area contributed by atoms with E-state index in [0.29, 0.717) is 39.1 Å². The molecule has 0 aliphatic carbocycles. The Hall–Kier alpha value is -3.19. The van der Waals surface area contributed by atoms with E-state index in [1.807, 2.05) is 20.2 Å². The third-order valence-corrected chi connectivity index (χ3v) is 4.20. The zero-order chi connectivity index (χ0) is 18.3. The number of pyridine rings is 1. The summed E-state index contributed by atoms with van der Waals surface area (Å²) >= 11 is 6.29. The number of aryl methyl sites for hydroxylation is 2. The molecule has 0 radical (unpaired) electrons. The molecule has 0 aliphatic heterocycles. The van der Waals surface area contributed by atoms with Crippen LogP contribution in [0, 0.1) is 6.92 Å². The topological polar surface area (TPSA) is 85.7 Å². The van der Waals surface area contributed by atoms with E-state index in [9.17, 15) is 4.79 Å². The molecule has 3 aromatic heterocycles. The molecule has 130 valence electrons. The van der Waals surface area contributed by atoms with Gasteiger partial charge in [-0.05, 0) is 31.2 Å². The lowest BCUT2D eigenvalue weighted by molar-refractivity contribution is 0.112. The Morgan fingerprint density at radius 2 is 2.04 bits per heavy atom. The predicted octanol–water partition coefficient (Wildman–Crippen LogP) is 3.93. The second-order valence-electron chi connectivity index (χ2n) is 5.81. The highest BCUT2D eigenvalue weighted by Crippen LogP contribution is 2.36. The molecule has 26 heavy (non-hydrogen) atoms. The van der Waals surface area contributed by atoms with E-state index in [1.165, 1.54) is 6.20 Å². The summed E-state index contributed by atoms with van der Waals surface area (Å²) in [6.45, 7) is 1.91. The minimum Gasteiger partial charge on any atom is -0.453 e. The highest BCUT2D eigenvalue weighted by Gasteiger charge is 2.17. The van der Waals surface area contributed by atoms with Crippen molar-refractivity contribution < 1.29 is 9.53 Å². The molecule has 0 atom stereocenters. The fourth-order valence-electron chi connectivity index (χ4n) is 2.70. The van der Waals surface area contributed by atoms with Crippen LogP contribution in [0.2, 0.25) is 5.02 Å². The first kappa shape index (κ1) is 16.3. The van der Waals surface area contributed by atoms with Gasteiger partial charge in [-0.15, -0.1) is 0 Å². The van der Waals surface area contributed by atoms with Gasteiger partial charge in [0.05, 0.1) is 17.5 Å². The summed E-state index contributed by atoms with van der Waals surface area (Å²) < 4.78 is 7.65. The van der Waals surface area contributed by atoms with Crippen molar-refractivity contribution >= 4 is 29.1 Å². The maximum absolute atomic E-state index is 10.8. The fourth-order valence-corrected chi connectivity index (χ4v) is 2.89. The smallest absolute Gasteiger partial charge is 0.182 e. The van der Waals surface area contributed by atoms with E-state index in [2.05, 4.69) is 20.1 Å². The third kappa shape index (κ3) is 2.82. The van der Waals surface area contributed by atoms with E-state index in [4.69, 9.17) is 16.3 Å². The third-order valence-electron chi connectivity index (χ3n) is 3.93. The zero-order valence-electron chi connectivity index (χ0n) is 14.0. The summed E-state index contributed by atoms with van der Waals surface area (Å²) in [4.78, 5) is 22.8. The summed E-state index contributed by atoms with van der Waals surface area (Å²) in [5.41, 5.74) is 3.38. The van der Waals surface area contributed by atoms with Crippen LogP contribution < -0.4 is 4.74 Å². The lowest BCUT2D eigenvalue weighted by atomic mass is 10.2. The molecule has 0 saturated heterocycles. The second-order valence-corrected chi connectivity index (χ2v) is 6.22. The van der Waals surface area contributed by atoms with Crippen molar-refractivity contribution in [3.8, 4) is 22.9 Å². The Morgan fingerprint density at radius 1 is 1.27 bits per heavy atom. The Morgan fingerprint density at radius 3 is 2.69 bits per heavy atom. The van der Waals surface area contributed by atoms with Gasteiger partial charge in [0, 0.05) is 18.8 Å².